The molecule has 2 atom stereocenters. The monoisotopic (exact) mass is 556 g/mol. The molecule has 3 aliphatic rings. The lowest BCUT2D eigenvalue weighted by Crippen LogP contribution is -2.71. The molecular formula is C29H32F2N3O4S+. The molecule has 1 N–H and O–H groups in total. The van der Waals surface area contributed by atoms with Gasteiger partial charge in [-0.25, -0.2) is 22.0 Å². The molecule has 0 aromatic heterocycles. The van der Waals surface area contributed by atoms with Gasteiger partial charge in [0.2, 0.25) is 10.0 Å². The van der Waals surface area contributed by atoms with Crippen LogP contribution in [0.15, 0.2) is 83.8 Å². The number of piperidine rings is 3. The van der Waals surface area contributed by atoms with Crippen molar-refractivity contribution in [1.82, 2.24) is 4.72 Å². The van der Waals surface area contributed by atoms with Gasteiger partial charge in [0.05, 0.1) is 30.2 Å². The molecule has 206 valence electrons. The number of carbonyl (C=O) groups is 1. The summed E-state index contributed by atoms with van der Waals surface area (Å²) in [5, 5.41) is 0. The van der Waals surface area contributed by atoms with E-state index in [1.807, 2.05) is 6.92 Å². The van der Waals surface area contributed by atoms with Gasteiger partial charge in [0.15, 0.2) is 12.3 Å². The largest absolute Gasteiger partial charge is 0.440 e. The smallest absolute Gasteiger partial charge is 0.415 e. The molecule has 7 nitrogen and oxygen atoms in total. The van der Waals surface area contributed by atoms with Crippen molar-refractivity contribution in [1.29, 1.82) is 0 Å². The first-order valence-electron chi connectivity index (χ1n) is 13.1. The van der Waals surface area contributed by atoms with Gasteiger partial charge in [0.25, 0.3) is 0 Å². The Labute approximate surface area is 227 Å². The fourth-order valence-electron chi connectivity index (χ4n) is 5.73. The van der Waals surface area contributed by atoms with Crippen molar-refractivity contribution >= 4 is 21.8 Å². The lowest BCUT2D eigenvalue weighted by Gasteiger charge is -2.54. The third-order valence-corrected chi connectivity index (χ3v) is 9.57. The van der Waals surface area contributed by atoms with Gasteiger partial charge in [0.1, 0.15) is 18.2 Å². The predicted octanol–water partition coefficient (Wildman–Crippen LogP) is 5.04. The molecule has 0 saturated carbocycles. The fourth-order valence-corrected chi connectivity index (χ4v) is 7.06. The number of para-hydroxylation sites is 1. The van der Waals surface area contributed by atoms with E-state index in [4.69, 9.17) is 4.74 Å². The highest BCUT2D eigenvalue weighted by Crippen LogP contribution is 2.38. The van der Waals surface area contributed by atoms with Crippen molar-refractivity contribution in [3.05, 3.63) is 96.1 Å². The lowest BCUT2D eigenvalue weighted by atomic mass is 9.83. The number of rotatable bonds is 8. The Bertz CT molecular complexity index is 1410. The number of amides is 1. The number of carbonyl (C=O) groups excluding carboxylic acids is 1. The topological polar surface area (TPSA) is 75.7 Å². The quantitative estimate of drug-likeness (QED) is 0.395. The van der Waals surface area contributed by atoms with Crippen molar-refractivity contribution in [3.63, 3.8) is 0 Å². The molecule has 0 aliphatic carbocycles. The minimum atomic E-state index is -3.72. The number of hydrogen-bond acceptors (Lipinski definition) is 4. The molecule has 3 aromatic carbocycles. The number of nitrogens with one attached hydrogen (secondary N) is 1. The minimum Gasteiger partial charge on any atom is -0.440 e. The molecule has 3 aliphatic heterocycles. The third kappa shape index (κ3) is 5.83. The number of fused-ring (bicyclic) bond motifs is 3. The number of ether oxygens (including phenoxy) is 1. The molecule has 2 unspecified atom stereocenters. The molecule has 3 saturated heterocycles. The molecule has 3 fully saturated rings. The standard InChI is InChI=1S/C29H32F2N3O4S/c1-21(32-39(36,37)25-7-3-2-4-8-25)34-17-15-23(16-18-34)28(20-34)38-29(35)33(27-10-6-5-9-26(27)31)19-22-11-13-24(30)14-12-22/h2-14,21,23,28,32H,15-20H2,1H3/q+1. The van der Waals surface area contributed by atoms with Gasteiger partial charge in [-0.05, 0) is 42.0 Å². The molecule has 0 spiro atoms. The first kappa shape index (κ1) is 27.2. The summed E-state index contributed by atoms with van der Waals surface area (Å²) < 4.78 is 63.6. The van der Waals surface area contributed by atoms with Crippen LogP contribution < -0.4 is 9.62 Å². The summed E-state index contributed by atoms with van der Waals surface area (Å²) in [5.74, 6) is -0.838. The van der Waals surface area contributed by atoms with Crippen LogP contribution in [-0.2, 0) is 21.3 Å². The Morgan fingerprint density at radius 2 is 1.64 bits per heavy atom. The van der Waals surface area contributed by atoms with Crippen LogP contribution in [0.25, 0.3) is 0 Å². The maximum absolute atomic E-state index is 14.8. The molecule has 3 aromatic rings. The van der Waals surface area contributed by atoms with E-state index in [2.05, 4.69) is 4.72 Å². The molecule has 10 heteroatoms. The summed E-state index contributed by atoms with van der Waals surface area (Å²) in [6.45, 7) is 3.85. The van der Waals surface area contributed by atoms with Crippen LogP contribution in [0.4, 0.5) is 19.3 Å². The number of sulfonamides is 1. The highest BCUT2D eigenvalue weighted by Gasteiger charge is 2.51. The Hall–Kier alpha value is -3.34. The number of quaternary nitrogens is 1. The van der Waals surface area contributed by atoms with Gasteiger partial charge in [-0.15, -0.1) is 0 Å². The Morgan fingerprint density at radius 1 is 1.00 bits per heavy atom. The Kier molecular flexibility index (Phi) is 7.70. The second kappa shape index (κ2) is 11.0. The fraction of sp³-hybridized carbons (Fsp3) is 0.345. The molecule has 0 radical (unpaired) electrons. The van der Waals surface area contributed by atoms with Crippen LogP contribution in [0.5, 0.6) is 0 Å². The average molecular weight is 557 g/mol. The number of anilines is 1. The van der Waals surface area contributed by atoms with Crippen molar-refractivity contribution < 1.29 is 31.2 Å². The molecular weight excluding hydrogens is 524 g/mol. The number of halogens is 2. The van der Waals surface area contributed by atoms with Crippen molar-refractivity contribution in [2.45, 2.75) is 43.5 Å². The molecule has 1 amide bonds. The van der Waals surface area contributed by atoms with E-state index in [0.717, 1.165) is 25.9 Å². The highest BCUT2D eigenvalue weighted by atomic mass is 32.2. The van der Waals surface area contributed by atoms with Crippen molar-refractivity contribution in [2.24, 2.45) is 5.92 Å². The number of hydrogen-bond donors (Lipinski definition) is 1. The van der Waals surface area contributed by atoms with Crippen LogP contribution in [0.1, 0.15) is 25.3 Å². The van der Waals surface area contributed by atoms with E-state index in [-0.39, 0.29) is 23.0 Å². The third-order valence-electron chi connectivity index (χ3n) is 8.03. The summed E-state index contributed by atoms with van der Waals surface area (Å²) in [4.78, 5) is 15.0. The van der Waals surface area contributed by atoms with Crippen LogP contribution in [0.3, 0.4) is 0 Å². The predicted molar refractivity (Wildman–Crippen MR) is 143 cm³/mol. The molecule has 6 rings (SSSR count). The maximum atomic E-state index is 14.8. The van der Waals surface area contributed by atoms with E-state index < -0.39 is 40.0 Å². The van der Waals surface area contributed by atoms with E-state index in [1.165, 1.54) is 29.2 Å². The van der Waals surface area contributed by atoms with Crippen LogP contribution in [0, 0.1) is 17.6 Å². The normalized spacial score (nSPS) is 23.3. The molecule has 2 bridgehead atoms. The van der Waals surface area contributed by atoms with Gasteiger partial charge < -0.3 is 9.22 Å². The number of benzene rings is 3. The first-order chi connectivity index (χ1) is 18.7. The first-order valence-corrected chi connectivity index (χ1v) is 14.6. The van der Waals surface area contributed by atoms with Gasteiger partial charge in [-0.1, -0.05) is 42.5 Å². The molecule has 39 heavy (non-hydrogen) atoms. The van der Waals surface area contributed by atoms with Gasteiger partial charge in [0, 0.05) is 25.7 Å². The summed E-state index contributed by atoms with van der Waals surface area (Å²) in [6.07, 6.45) is -0.00964. The second-order valence-corrected chi connectivity index (χ2v) is 12.1. The van der Waals surface area contributed by atoms with E-state index >= 15 is 0 Å². The average Bonchev–Trinajstić information content (AvgIpc) is 2.94. The van der Waals surface area contributed by atoms with E-state index in [9.17, 15) is 22.0 Å². The Balaban J connectivity index is 1.34. The van der Waals surface area contributed by atoms with Crippen LogP contribution >= 0.6 is 0 Å². The summed E-state index contributed by atoms with van der Waals surface area (Å²) in [5.41, 5.74) is 0.693. The van der Waals surface area contributed by atoms with Crippen molar-refractivity contribution in [3.8, 4) is 0 Å². The van der Waals surface area contributed by atoms with Gasteiger partial charge in [-0.3, -0.25) is 4.90 Å². The highest BCUT2D eigenvalue weighted by molar-refractivity contribution is 7.89. The summed E-state index contributed by atoms with van der Waals surface area (Å²) in [7, 11) is -3.72. The van der Waals surface area contributed by atoms with Gasteiger partial charge >= 0.3 is 6.09 Å². The van der Waals surface area contributed by atoms with E-state index in [1.54, 1.807) is 54.6 Å². The van der Waals surface area contributed by atoms with Gasteiger partial charge in [-0.2, -0.15) is 4.72 Å². The SMILES string of the molecule is CC(NS(=O)(=O)c1ccccc1)[N+]12CCC(CC1)C(OC(=O)N(Cc1ccc(F)cc1)c1ccccc1F)C2. The lowest BCUT2D eigenvalue weighted by molar-refractivity contribution is -0.967. The zero-order valence-corrected chi connectivity index (χ0v) is 22.5. The van der Waals surface area contributed by atoms with Crippen LogP contribution in [0.2, 0.25) is 0 Å². The summed E-state index contributed by atoms with van der Waals surface area (Å²) in [6, 6.07) is 19.9. The van der Waals surface area contributed by atoms with E-state index in [0.29, 0.717) is 16.6 Å². The Morgan fingerprint density at radius 3 is 2.31 bits per heavy atom. The van der Waals surface area contributed by atoms with Crippen molar-refractivity contribution in [2.75, 3.05) is 24.5 Å². The zero-order valence-electron chi connectivity index (χ0n) is 21.7. The molecule has 3 heterocycles. The van der Waals surface area contributed by atoms with Crippen LogP contribution in [-0.4, -0.2) is 50.9 Å². The second-order valence-electron chi connectivity index (χ2n) is 10.4. The summed E-state index contributed by atoms with van der Waals surface area (Å²) >= 11 is 0. The number of nitrogens with zero attached hydrogens (tertiary/aromatic N) is 2. The minimum absolute atomic E-state index is 0.00467. The maximum Gasteiger partial charge on any atom is 0.415 e. The zero-order chi connectivity index (χ0) is 27.6.